The standard InChI is InChI=1S/C17H25NO3/c1-16(2)11-20-8-7-18(16)14-10-17(3,4)21-15-9-12(19)5-6-13(14)15/h5-6,9,14,19H,7-8,10-11H2,1-4H3. The minimum absolute atomic E-state index is 0.00545. The summed E-state index contributed by atoms with van der Waals surface area (Å²) in [5.41, 5.74) is 0.938. The zero-order chi connectivity index (χ0) is 15.3. The molecule has 1 atom stereocenters. The van der Waals surface area contributed by atoms with Crippen molar-refractivity contribution in [2.45, 2.75) is 51.3 Å². The van der Waals surface area contributed by atoms with Crippen LogP contribution in [-0.4, -0.2) is 40.9 Å². The fourth-order valence-electron chi connectivity index (χ4n) is 3.53. The Balaban J connectivity index is 2.02. The number of phenolic OH excluding ortho intramolecular Hbond substituents is 1. The summed E-state index contributed by atoms with van der Waals surface area (Å²) < 4.78 is 11.7. The van der Waals surface area contributed by atoms with Gasteiger partial charge in [0, 0.05) is 36.2 Å². The molecule has 4 heteroatoms. The Morgan fingerprint density at radius 2 is 2.00 bits per heavy atom. The lowest BCUT2D eigenvalue weighted by molar-refractivity contribution is -0.0915. The number of rotatable bonds is 1. The van der Waals surface area contributed by atoms with Crippen molar-refractivity contribution in [3.05, 3.63) is 23.8 Å². The van der Waals surface area contributed by atoms with E-state index in [2.05, 4.69) is 32.6 Å². The van der Waals surface area contributed by atoms with Crippen molar-refractivity contribution < 1.29 is 14.6 Å². The van der Waals surface area contributed by atoms with Gasteiger partial charge in [-0.05, 0) is 33.8 Å². The van der Waals surface area contributed by atoms with Crippen LogP contribution in [-0.2, 0) is 4.74 Å². The van der Waals surface area contributed by atoms with Crippen LogP contribution in [0.2, 0.25) is 0 Å². The van der Waals surface area contributed by atoms with Crippen molar-refractivity contribution in [1.82, 2.24) is 4.90 Å². The lowest BCUT2D eigenvalue weighted by Gasteiger charge is -2.50. The Morgan fingerprint density at radius 1 is 1.24 bits per heavy atom. The highest BCUT2D eigenvalue weighted by Crippen LogP contribution is 2.46. The summed E-state index contributed by atoms with van der Waals surface area (Å²) in [5.74, 6) is 1.06. The first kappa shape index (κ1) is 14.7. The number of morpholine rings is 1. The van der Waals surface area contributed by atoms with Crippen LogP contribution in [0.15, 0.2) is 18.2 Å². The topological polar surface area (TPSA) is 41.9 Å². The lowest BCUT2D eigenvalue weighted by atomic mass is 9.85. The Kier molecular flexibility index (Phi) is 3.41. The van der Waals surface area contributed by atoms with Crippen molar-refractivity contribution in [3.63, 3.8) is 0 Å². The number of fused-ring (bicyclic) bond motifs is 1. The molecule has 1 aromatic carbocycles. The molecule has 2 aliphatic rings. The smallest absolute Gasteiger partial charge is 0.128 e. The van der Waals surface area contributed by atoms with Gasteiger partial charge in [0.05, 0.1) is 13.2 Å². The molecule has 0 amide bonds. The largest absolute Gasteiger partial charge is 0.508 e. The van der Waals surface area contributed by atoms with E-state index in [1.165, 1.54) is 5.56 Å². The molecule has 0 bridgehead atoms. The molecule has 0 saturated carbocycles. The number of nitrogens with zero attached hydrogens (tertiary/aromatic N) is 1. The summed E-state index contributed by atoms with van der Waals surface area (Å²) in [5, 5.41) is 9.74. The molecule has 0 aliphatic carbocycles. The van der Waals surface area contributed by atoms with Crippen LogP contribution in [0.4, 0.5) is 0 Å². The third kappa shape index (κ3) is 2.74. The summed E-state index contributed by atoms with van der Waals surface area (Å²) in [6.07, 6.45) is 0.939. The minimum Gasteiger partial charge on any atom is -0.508 e. The number of hydrogen-bond acceptors (Lipinski definition) is 4. The van der Waals surface area contributed by atoms with Gasteiger partial charge < -0.3 is 14.6 Å². The average molecular weight is 291 g/mol. The van der Waals surface area contributed by atoms with Gasteiger partial charge in [0.1, 0.15) is 17.1 Å². The summed E-state index contributed by atoms with van der Waals surface area (Å²) in [6.45, 7) is 11.1. The first-order valence-electron chi connectivity index (χ1n) is 7.65. The Morgan fingerprint density at radius 3 is 2.71 bits per heavy atom. The van der Waals surface area contributed by atoms with Crippen LogP contribution in [0, 0.1) is 0 Å². The second-order valence-electron chi connectivity index (χ2n) is 7.36. The van der Waals surface area contributed by atoms with Crippen LogP contribution in [0.3, 0.4) is 0 Å². The highest BCUT2D eigenvalue weighted by Gasteiger charge is 2.42. The molecule has 116 valence electrons. The third-order valence-electron chi connectivity index (χ3n) is 4.51. The fourth-order valence-corrected chi connectivity index (χ4v) is 3.53. The summed E-state index contributed by atoms with van der Waals surface area (Å²) >= 11 is 0. The average Bonchev–Trinajstić information content (AvgIpc) is 2.35. The Labute approximate surface area is 126 Å². The van der Waals surface area contributed by atoms with Gasteiger partial charge in [-0.25, -0.2) is 0 Å². The quantitative estimate of drug-likeness (QED) is 0.863. The van der Waals surface area contributed by atoms with Crippen LogP contribution in [0.1, 0.15) is 45.7 Å². The number of aromatic hydroxyl groups is 1. The maximum atomic E-state index is 9.74. The monoisotopic (exact) mass is 291 g/mol. The summed E-state index contributed by atoms with van der Waals surface area (Å²) in [4.78, 5) is 2.52. The second-order valence-corrected chi connectivity index (χ2v) is 7.36. The maximum absolute atomic E-state index is 9.74. The van der Waals surface area contributed by atoms with E-state index in [9.17, 15) is 5.11 Å². The fraction of sp³-hybridized carbons (Fsp3) is 0.647. The van der Waals surface area contributed by atoms with Gasteiger partial charge in [0.25, 0.3) is 0 Å². The predicted octanol–water partition coefficient (Wildman–Crippen LogP) is 3.11. The van der Waals surface area contributed by atoms with E-state index in [0.29, 0.717) is 6.04 Å². The van der Waals surface area contributed by atoms with Crippen molar-refractivity contribution >= 4 is 0 Å². The maximum Gasteiger partial charge on any atom is 0.128 e. The summed E-state index contributed by atoms with van der Waals surface area (Å²) in [7, 11) is 0. The van der Waals surface area contributed by atoms with Gasteiger partial charge in [-0.3, -0.25) is 4.90 Å². The number of phenols is 1. The van der Waals surface area contributed by atoms with Crippen molar-refractivity contribution in [2.24, 2.45) is 0 Å². The van der Waals surface area contributed by atoms with Gasteiger partial charge >= 0.3 is 0 Å². The molecule has 1 unspecified atom stereocenters. The molecule has 3 rings (SSSR count). The van der Waals surface area contributed by atoms with Crippen LogP contribution < -0.4 is 4.74 Å². The minimum atomic E-state index is -0.236. The van der Waals surface area contributed by atoms with E-state index < -0.39 is 0 Å². The van der Waals surface area contributed by atoms with Gasteiger partial charge in [-0.2, -0.15) is 0 Å². The van der Waals surface area contributed by atoms with Crippen LogP contribution in [0.25, 0.3) is 0 Å². The van der Waals surface area contributed by atoms with Gasteiger partial charge in [-0.1, -0.05) is 6.07 Å². The predicted molar refractivity (Wildman–Crippen MR) is 81.8 cm³/mol. The van der Waals surface area contributed by atoms with Crippen molar-refractivity contribution in [2.75, 3.05) is 19.8 Å². The zero-order valence-corrected chi connectivity index (χ0v) is 13.3. The van der Waals surface area contributed by atoms with E-state index in [0.717, 1.165) is 31.9 Å². The highest BCUT2D eigenvalue weighted by molar-refractivity contribution is 5.44. The Hall–Kier alpha value is -1.26. The SMILES string of the molecule is CC1(C)CC(N2CCOCC2(C)C)c2ccc(O)cc2O1. The highest BCUT2D eigenvalue weighted by atomic mass is 16.5. The molecule has 21 heavy (non-hydrogen) atoms. The number of hydrogen-bond donors (Lipinski definition) is 1. The van der Waals surface area contributed by atoms with E-state index >= 15 is 0 Å². The molecule has 2 aliphatic heterocycles. The van der Waals surface area contributed by atoms with E-state index in [4.69, 9.17) is 9.47 Å². The van der Waals surface area contributed by atoms with Gasteiger partial charge in [-0.15, -0.1) is 0 Å². The first-order chi connectivity index (χ1) is 9.78. The molecular weight excluding hydrogens is 266 g/mol. The molecule has 2 heterocycles. The van der Waals surface area contributed by atoms with Gasteiger partial charge in [0.2, 0.25) is 0 Å². The molecule has 1 fully saturated rings. The van der Waals surface area contributed by atoms with E-state index in [1.807, 2.05) is 6.07 Å². The number of benzene rings is 1. The lowest BCUT2D eigenvalue weighted by Crippen LogP contribution is -2.56. The van der Waals surface area contributed by atoms with Crippen molar-refractivity contribution in [3.8, 4) is 11.5 Å². The molecule has 0 radical (unpaired) electrons. The zero-order valence-electron chi connectivity index (χ0n) is 13.3. The molecule has 0 aromatic heterocycles. The molecule has 1 N–H and O–H groups in total. The van der Waals surface area contributed by atoms with E-state index in [-0.39, 0.29) is 16.9 Å². The molecule has 1 saturated heterocycles. The molecule has 0 spiro atoms. The molecule has 4 nitrogen and oxygen atoms in total. The van der Waals surface area contributed by atoms with E-state index in [1.54, 1.807) is 12.1 Å². The molecule has 1 aromatic rings. The van der Waals surface area contributed by atoms with Crippen molar-refractivity contribution in [1.29, 1.82) is 0 Å². The van der Waals surface area contributed by atoms with Crippen LogP contribution >= 0.6 is 0 Å². The second kappa shape index (κ2) is 4.89. The first-order valence-corrected chi connectivity index (χ1v) is 7.65. The summed E-state index contributed by atoms with van der Waals surface area (Å²) in [6, 6.07) is 5.77. The molecular formula is C17H25NO3. The normalized spacial score (nSPS) is 27.7. The number of ether oxygens (including phenoxy) is 2. The van der Waals surface area contributed by atoms with Crippen LogP contribution in [0.5, 0.6) is 11.5 Å². The van der Waals surface area contributed by atoms with Gasteiger partial charge in [0.15, 0.2) is 0 Å². The Bertz CT molecular complexity index is 539. The third-order valence-corrected chi connectivity index (χ3v) is 4.51.